The van der Waals surface area contributed by atoms with E-state index in [1.165, 1.54) is 13.8 Å². The molecule has 4 bridgehead atoms. The fourth-order valence-corrected chi connectivity index (χ4v) is 6.34. The maximum Gasteiger partial charge on any atom is 0.437 e. The second kappa shape index (κ2) is 6.28. The molecule has 10 heteroatoms. The Balaban J connectivity index is 1.70. The summed E-state index contributed by atoms with van der Waals surface area (Å²) in [7, 11) is 0. The lowest BCUT2D eigenvalue weighted by molar-refractivity contribution is -0.377. The minimum Gasteiger partial charge on any atom is -0.446 e. The van der Waals surface area contributed by atoms with Crippen molar-refractivity contribution in [1.29, 1.82) is 0 Å². The number of carbonyl (C=O) groups is 2. The highest BCUT2D eigenvalue weighted by molar-refractivity contribution is 5.91. The molecule has 3 aliphatic carbocycles. The van der Waals surface area contributed by atoms with Crippen LogP contribution in [-0.4, -0.2) is 35.5 Å². The zero-order chi connectivity index (χ0) is 22.3. The molecule has 1 heterocycles. The normalized spacial score (nSPS) is 37.5. The van der Waals surface area contributed by atoms with Crippen LogP contribution < -0.4 is 0 Å². The summed E-state index contributed by atoms with van der Waals surface area (Å²) in [6, 6.07) is 0. The van der Waals surface area contributed by atoms with Crippen molar-refractivity contribution in [1.82, 2.24) is 0 Å². The van der Waals surface area contributed by atoms with Gasteiger partial charge in [-0.05, 0) is 49.9 Å². The molecule has 30 heavy (non-hydrogen) atoms. The lowest BCUT2D eigenvalue weighted by Gasteiger charge is -2.42. The highest BCUT2D eigenvalue weighted by Gasteiger charge is 2.78. The Morgan fingerprint density at radius 2 is 1.70 bits per heavy atom. The zero-order valence-electron chi connectivity index (χ0n) is 16.7. The van der Waals surface area contributed by atoms with Gasteiger partial charge in [-0.3, -0.25) is 4.79 Å². The average Bonchev–Trinajstić information content (AvgIpc) is 3.30. The molecule has 4 fully saturated rings. The van der Waals surface area contributed by atoms with Crippen molar-refractivity contribution in [3.8, 4) is 0 Å². The Morgan fingerprint density at radius 3 is 2.10 bits per heavy atom. The Bertz CT molecular complexity index is 743. The number of hydrogen-bond donors (Lipinski definition) is 0. The van der Waals surface area contributed by atoms with Crippen LogP contribution in [-0.2, 0) is 19.1 Å². The Morgan fingerprint density at radius 1 is 1.07 bits per heavy atom. The summed E-state index contributed by atoms with van der Waals surface area (Å²) in [5.74, 6) is -4.24. The summed E-state index contributed by atoms with van der Waals surface area (Å²) in [6.45, 7) is 2.88. The Hall–Kier alpha value is -1.48. The lowest BCUT2D eigenvalue weighted by atomic mass is 9.74. The fourth-order valence-electron chi connectivity index (χ4n) is 6.34. The number of ether oxygens (including phenoxy) is 2. The van der Waals surface area contributed by atoms with E-state index in [0.717, 1.165) is 6.42 Å². The summed E-state index contributed by atoms with van der Waals surface area (Å²) >= 11 is 0. The molecular formula is C20H24F6O4. The van der Waals surface area contributed by atoms with E-state index in [-0.39, 0.29) is 31.1 Å². The minimum absolute atomic E-state index is 0.124. The third kappa shape index (κ3) is 2.73. The topological polar surface area (TPSA) is 52.6 Å². The van der Waals surface area contributed by atoms with Gasteiger partial charge in [-0.15, -0.1) is 0 Å². The highest BCUT2D eigenvalue weighted by Crippen LogP contribution is 2.61. The van der Waals surface area contributed by atoms with Crippen LogP contribution in [0.2, 0.25) is 0 Å². The van der Waals surface area contributed by atoms with Gasteiger partial charge in [0.05, 0.1) is 5.92 Å². The largest absolute Gasteiger partial charge is 0.446 e. The number of rotatable bonds is 4. The van der Waals surface area contributed by atoms with Gasteiger partial charge >= 0.3 is 29.9 Å². The molecule has 170 valence electrons. The lowest BCUT2D eigenvalue weighted by Crippen LogP contribution is -2.63. The first-order valence-electron chi connectivity index (χ1n) is 10.2. The molecule has 0 aromatic carbocycles. The molecule has 0 amide bonds. The van der Waals surface area contributed by atoms with Gasteiger partial charge in [-0.25, -0.2) is 4.79 Å². The monoisotopic (exact) mass is 442 g/mol. The standard InChI is InChI=1S/C20H24F6O4/c1-16(2)13-5-6-17(16,29-14(13)27)15(28)30-18(19(21,22)23,20(24,25)26)9-12-8-10-3-4-11(12)7-10/h10-13H,3-9H2,1-2H3. The summed E-state index contributed by atoms with van der Waals surface area (Å²) in [6.07, 6.45) is -10.8. The molecule has 0 radical (unpaired) electrons. The number of hydrogen-bond acceptors (Lipinski definition) is 4. The quantitative estimate of drug-likeness (QED) is 0.457. The molecule has 1 aliphatic heterocycles. The summed E-state index contributed by atoms with van der Waals surface area (Å²) in [4.78, 5) is 24.9. The Kier molecular flexibility index (Phi) is 4.55. The molecule has 3 saturated carbocycles. The van der Waals surface area contributed by atoms with Crippen LogP contribution in [0, 0.1) is 29.1 Å². The number of esters is 2. The van der Waals surface area contributed by atoms with Gasteiger partial charge in [0.1, 0.15) is 0 Å². The van der Waals surface area contributed by atoms with Crippen molar-refractivity contribution in [2.75, 3.05) is 0 Å². The van der Waals surface area contributed by atoms with Crippen LogP contribution in [0.4, 0.5) is 26.3 Å². The summed E-state index contributed by atoms with van der Waals surface area (Å²) in [5.41, 5.74) is -8.01. The second-order valence-corrected chi connectivity index (χ2v) is 9.91. The molecule has 0 N–H and O–H groups in total. The average molecular weight is 442 g/mol. The van der Waals surface area contributed by atoms with E-state index in [4.69, 9.17) is 4.74 Å². The number of fused-ring (bicyclic) bond motifs is 4. The third-order valence-corrected chi connectivity index (χ3v) is 8.20. The van der Waals surface area contributed by atoms with E-state index >= 15 is 0 Å². The van der Waals surface area contributed by atoms with Crippen LogP contribution in [0.1, 0.15) is 58.8 Å². The molecule has 4 aliphatic rings. The molecule has 5 unspecified atom stereocenters. The molecule has 1 saturated heterocycles. The van der Waals surface area contributed by atoms with Crippen molar-refractivity contribution in [3.63, 3.8) is 0 Å². The number of halogens is 6. The molecule has 0 spiro atoms. The molecular weight excluding hydrogens is 418 g/mol. The molecule has 5 atom stereocenters. The van der Waals surface area contributed by atoms with E-state index in [9.17, 15) is 35.9 Å². The van der Waals surface area contributed by atoms with Gasteiger partial charge < -0.3 is 9.47 Å². The van der Waals surface area contributed by atoms with Crippen molar-refractivity contribution in [3.05, 3.63) is 0 Å². The van der Waals surface area contributed by atoms with E-state index in [1.54, 1.807) is 0 Å². The number of alkyl halides is 6. The minimum atomic E-state index is -5.86. The SMILES string of the molecule is CC1(C)C2CCC1(C(=O)OC(CC1CC3CCC1C3)(C(F)(F)F)C(F)(F)F)OC2=O. The first-order valence-corrected chi connectivity index (χ1v) is 10.2. The smallest absolute Gasteiger partial charge is 0.437 e. The first kappa shape index (κ1) is 21.7. The predicted octanol–water partition coefficient (Wildman–Crippen LogP) is 4.95. The van der Waals surface area contributed by atoms with Gasteiger partial charge in [-0.1, -0.05) is 20.3 Å². The van der Waals surface area contributed by atoms with Crippen LogP contribution in [0.5, 0.6) is 0 Å². The maximum absolute atomic E-state index is 14.0. The van der Waals surface area contributed by atoms with Crippen molar-refractivity contribution in [2.45, 2.75) is 82.3 Å². The zero-order valence-corrected chi connectivity index (χ0v) is 16.7. The van der Waals surface area contributed by atoms with Crippen molar-refractivity contribution >= 4 is 11.9 Å². The fraction of sp³-hybridized carbons (Fsp3) is 0.900. The third-order valence-electron chi connectivity index (χ3n) is 8.20. The highest BCUT2D eigenvalue weighted by atomic mass is 19.4. The van der Waals surface area contributed by atoms with E-state index < -0.39 is 59.2 Å². The van der Waals surface area contributed by atoms with Crippen molar-refractivity contribution < 1.29 is 45.4 Å². The van der Waals surface area contributed by atoms with E-state index in [0.29, 0.717) is 12.8 Å². The van der Waals surface area contributed by atoms with Gasteiger partial charge in [0, 0.05) is 11.8 Å². The van der Waals surface area contributed by atoms with Crippen molar-refractivity contribution in [2.24, 2.45) is 29.1 Å². The van der Waals surface area contributed by atoms with Gasteiger partial charge in [0.15, 0.2) is 0 Å². The maximum atomic E-state index is 14.0. The van der Waals surface area contributed by atoms with Crippen LogP contribution in [0.15, 0.2) is 0 Å². The number of carbonyl (C=O) groups excluding carboxylic acids is 2. The molecule has 0 aromatic heterocycles. The summed E-state index contributed by atoms with van der Waals surface area (Å²) < 4.78 is 93.6. The van der Waals surface area contributed by atoms with Crippen LogP contribution >= 0.6 is 0 Å². The van der Waals surface area contributed by atoms with E-state index in [2.05, 4.69) is 4.74 Å². The molecule has 4 nitrogen and oxygen atoms in total. The summed E-state index contributed by atoms with van der Waals surface area (Å²) in [5, 5.41) is 0. The van der Waals surface area contributed by atoms with Gasteiger partial charge in [0.2, 0.25) is 5.60 Å². The predicted molar refractivity (Wildman–Crippen MR) is 89.8 cm³/mol. The van der Waals surface area contributed by atoms with Gasteiger partial charge in [-0.2, -0.15) is 26.3 Å². The van der Waals surface area contributed by atoms with Crippen LogP contribution in [0.25, 0.3) is 0 Å². The van der Waals surface area contributed by atoms with Crippen LogP contribution in [0.3, 0.4) is 0 Å². The van der Waals surface area contributed by atoms with E-state index in [1.807, 2.05) is 0 Å². The Labute approximate surface area is 169 Å². The first-order chi connectivity index (χ1) is 13.6. The molecule has 0 aromatic rings. The molecule has 4 rings (SSSR count). The van der Waals surface area contributed by atoms with Gasteiger partial charge in [0.25, 0.3) is 0 Å². The second-order valence-electron chi connectivity index (χ2n) is 9.91.